The Morgan fingerprint density at radius 2 is 1.81 bits per heavy atom. The van der Waals surface area contributed by atoms with Crippen LogP contribution < -0.4 is 15.4 Å². The first-order valence-electron chi connectivity index (χ1n) is 8.32. The second kappa shape index (κ2) is 7.71. The summed E-state index contributed by atoms with van der Waals surface area (Å²) in [6.07, 6.45) is 0. The average molecular weight is 391 g/mol. The summed E-state index contributed by atoms with van der Waals surface area (Å²) in [6.45, 7) is 2.27. The van der Waals surface area contributed by atoms with Gasteiger partial charge in [-0.3, -0.25) is 14.9 Å². The molecule has 0 spiro atoms. The lowest BCUT2D eigenvalue weighted by molar-refractivity contribution is -0.384. The summed E-state index contributed by atoms with van der Waals surface area (Å²) in [5.74, 6) is 0.219. The van der Waals surface area contributed by atoms with E-state index in [1.165, 1.54) is 25.3 Å². The molecule has 0 atom stereocenters. The van der Waals surface area contributed by atoms with E-state index in [1.807, 2.05) is 0 Å². The lowest BCUT2D eigenvalue weighted by Gasteiger charge is -2.36. The van der Waals surface area contributed by atoms with Gasteiger partial charge in [-0.25, -0.2) is 0 Å². The summed E-state index contributed by atoms with van der Waals surface area (Å²) in [5.41, 5.74) is 7.45. The van der Waals surface area contributed by atoms with Gasteiger partial charge in [0.05, 0.1) is 28.3 Å². The van der Waals surface area contributed by atoms with Crippen molar-refractivity contribution in [2.45, 2.75) is 0 Å². The average Bonchev–Trinajstić information content (AvgIpc) is 2.69. The summed E-state index contributed by atoms with van der Waals surface area (Å²) in [6, 6.07) is 9.47. The minimum absolute atomic E-state index is 0.0555. The Bertz CT molecular complexity index is 864. The minimum atomic E-state index is -0.425. The van der Waals surface area contributed by atoms with Gasteiger partial charge < -0.3 is 20.3 Å². The third kappa shape index (κ3) is 3.90. The van der Waals surface area contributed by atoms with Crippen LogP contribution in [-0.2, 0) is 0 Å². The lowest BCUT2D eigenvalue weighted by atomic mass is 10.1. The van der Waals surface area contributed by atoms with Crippen molar-refractivity contribution in [2.75, 3.05) is 43.9 Å². The first-order valence-corrected chi connectivity index (χ1v) is 8.70. The number of halogens is 1. The highest BCUT2D eigenvalue weighted by atomic mass is 35.5. The molecule has 0 radical (unpaired) electrons. The molecule has 0 saturated carbocycles. The van der Waals surface area contributed by atoms with Gasteiger partial charge in [0.2, 0.25) is 0 Å². The molecule has 27 heavy (non-hydrogen) atoms. The van der Waals surface area contributed by atoms with Gasteiger partial charge in [0, 0.05) is 50.1 Å². The molecule has 1 amide bonds. The van der Waals surface area contributed by atoms with Crippen LogP contribution in [0, 0.1) is 10.1 Å². The smallest absolute Gasteiger partial charge is 0.269 e. The Labute approximate surface area is 161 Å². The Morgan fingerprint density at radius 3 is 2.37 bits per heavy atom. The molecule has 1 aliphatic rings. The fourth-order valence-electron chi connectivity index (χ4n) is 3.03. The number of hydrogen-bond donors (Lipinski definition) is 1. The van der Waals surface area contributed by atoms with Crippen molar-refractivity contribution in [2.24, 2.45) is 0 Å². The standard InChI is InChI=1S/C18H19ClN4O4/c1-27-17-11-16(20)15(19)10-14(17)18(24)22-8-6-21(7-9-22)12-2-4-13(5-3-12)23(25)26/h2-5,10-11H,6-9,20H2,1H3. The number of hydrogen-bond acceptors (Lipinski definition) is 6. The monoisotopic (exact) mass is 390 g/mol. The van der Waals surface area contributed by atoms with Crippen molar-refractivity contribution < 1.29 is 14.5 Å². The van der Waals surface area contributed by atoms with E-state index in [-0.39, 0.29) is 11.6 Å². The highest BCUT2D eigenvalue weighted by molar-refractivity contribution is 6.33. The number of carbonyl (C=O) groups is 1. The molecule has 2 N–H and O–H groups in total. The number of nitrogens with zero attached hydrogens (tertiary/aromatic N) is 3. The molecule has 2 aromatic rings. The van der Waals surface area contributed by atoms with Gasteiger partial charge in [-0.2, -0.15) is 0 Å². The number of nitrogens with two attached hydrogens (primary N) is 1. The molecule has 1 aliphatic heterocycles. The first kappa shape index (κ1) is 18.8. The zero-order valence-electron chi connectivity index (χ0n) is 14.7. The van der Waals surface area contributed by atoms with Crippen molar-refractivity contribution in [3.63, 3.8) is 0 Å². The van der Waals surface area contributed by atoms with E-state index in [0.717, 1.165) is 5.69 Å². The predicted octanol–water partition coefficient (Wildman–Crippen LogP) is 2.80. The van der Waals surface area contributed by atoms with Crippen molar-refractivity contribution in [3.8, 4) is 5.75 Å². The Morgan fingerprint density at radius 1 is 1.19 bits per heavy atom. The molecule has 142 valence electrons. The van der Waals surface area contributed by atoms with Gasteiger partial charge in [-0.15, -0.1) is 0 Å². The lowest BCUT2D eigenvalue weighted by Crippen LogP contribution is -2.48. The third-order valence-electron chi connectivity index (χ3n) is 4.54. The number of anilines is 2. The van der Waals surface area contributed by atoms with E-state index in [1.54, 1.807) is 23.1 Å². The number of ether oxygens (including phenoxy) is 1. The zero-order chi connectivity index (χ0) is 19.6. The second-order valence-electron chi connectivity index (χ2n) is 6.13. The van der Waals surface area contributed by atoms with Crippen molar-refractivity contribution in [3.05, 3.63) is 57.1 Å². The predicted molar refractivity (Wildman–Crippen MR) is 104 cm³/mol. The molecule has 3 rings (SSSR count). The van der Waals surface area contributed by atoms with Crippen molar-refractivity contribution in [1.29, 1.82) is 0 Å². The molecule has 1 heterocycles. The number of nitro benzene ring substituents is 1. The number of benzene rings is 2. The molecule has 8 nitrogen and oxygen atoms in total. The normalized spacial score (nSPS) is 14.1. The van der Waals surface area contributed by atoms with Gasteiger partial charge in [-0.1, -0.05) is 11.6 Å². The highest BCUT2D eigenvalue weighted by Gasteiger charge is 2.25. The van der Waals surface area contributed by atoms with Crippen LogP contribution in [0.3, 0.4) is 0 Å². The Kier molecular flexibility index (Phi) is 5.36. The number of carbonyl (C=O) groups excluding carboxylic acids is 1. The number of amides is 1. The van der Waals surface area contributed by atoms with Crippen LogP contribution in [0.25, 0.3) is 0 Å². The third-order valence-corrected chi connectivity index (χ3v) is 4.87. The minimum Gasteiger partial charge on any atom is -0.496 e. The van der Waals surface area contributed by atoms with Crippen LogP contribution >= 0.6 is 11.6 Å². The van der Waals surface area contributed by atoms with Crippen LogP contribution in [0.5, 0.6) is 5.75 Å². The number of non-ortho nitro benzene ring substituents is 1. The van der Waals surface area contributed by atoms with Gasteiger partial charge in [0.15, 0.2) is 0 Å². The van der Waals surface area contributed by atoms with Crippen LogP contribution in [0.4, 0.5) is 17.1 Å². The summed E-state index contributed by atoms with van der Waals surface area (Å²) in [5, 5.41) is 11.1. The summed E-state index contributed by atoms with van der Waals surface area (Å²) in [7, 11) is 1.48. The first-order chi connectivity index (χ1) is 12.9. The number of nitro groups is 1. The number of piperazine rings is 1. The number of nitrogen functional groups attached to an aromatic ring is 1. The van der Waals surface area contributed by atoms with E-state index in [0.29, 0.717) is 48.2 Å². The molecule has 0 aliphatic carbocycles. The van der Waals surface area contributed by atoms with Crippen LogP contribution in [-0.4, -0.2) is 49.0 Å². The topological polar surface area (TPSA) is 102 Å². The molecule has 0 aromatic heterocycles. The molecular formula is C18H19ClN4O4. The Balaban J connectivity index is 1.69. The number of methoxy groups -OCH3 is 1. The SMILES string of the molecule is COc1cc(N)c(Cl)cc1C(=O)N1CCN(c2ccc([N+](=O)[O-])cc2)CC1. The van der Waals surface area contributed by atoms with Crippen molar-refractivity contribution in [1.82, 2.24) is 4.90 Å². The molecule has 2 aromatic carbocycles. The van der Waals surface area contributed by atoms with E-state index in [2.05, 4.69) is 4.90 Å². The zero-order valence-corrected chi connectivity index (χ0v) is 15.5. The van der Waals surface area contributed by atoms with E-state index in [9.17, 15) is 14.9 Å². The maximum Gasteiger partial charge on any atom is 0.269 e. The highest BCUT2D eigenvalue weighted by Crippen LogP contribution is 2.30. The van der Waals surface area contributed by atoms with Crippen molar-refractivity contribution >= 4 is 34.6 Å². The second-order valence-corrected chi connectivity index (χ2v) is 6.53. The van der Waals surface area contributed by atoms with Gasteiger partial charge in [0.1, 0.15) is 5.75 Å². The van der Waals surface area contributed by atoms with Crippen LogP contribution in [0.1, 0.15) is 10.4 Å². The molecule has 9 heteroatoms. The largest absolute Gasteiger partial charge is 0.496 e. The van der Waals surface area contributed by atoms with E-state index >= 15 is 0 Å². The molecular weight excluding hydrogens is 372 g/mol. The fourth-order valence-corrected chi connectivity index (χ4v) is 3.19. The summed E-state index contributed by atoms with van der Waals surface area (Å²) in [4.78, 5) is 27.0. The molecule has 0 bridgehead atoms. The maximum atomic E-state index is 12.9. The molecule has 1 saturated heterocycles. The van der Waals surface area contributed by atoms with E-state index < -0.39 is 4.92 Å². The Hall–Kier alpha value is -3.00. The fraction of sp³-hybridized carbons (Fsp3) is 0.278. The summed E-state index contributed by atoms with van der Waals surface area (Å²) < 4.78 is 5.26. The number of rotatable bonds is 4. The maximum absolute atomic E-state index is 12.9. The van der Waals surface area contributed by atoms with Gasteiger partial charge in [0.25, 0.3) is 11.6 Å². The molecule has 0 unspecified atom stereocenters. The van der Waals surface area contributed by atoms with Gasteiger partial charge >= 0.3 is 0 Å². The summed E-state index contributed by atoms with van der Waals surface area (Å²) >= 11 is 6.06. The quantitative estimate of drug-likeness (QED) is 0.489. The van der Waals surface area contributed by atoms with E-state index in [4.69, 9.17) is 22.1 Å². The molecule has 1 fully saturated rings. The van der Waals surface area contributed by atoms with Crippen LogP contribution in [0.15, 0.2) is 36.4 Å². The van der Waals surface area contributed by atoms with Gasteiger partial charge in [-0.05, 0) is 18.2 Å². The van der Waals surface area contributed by atoms with Crippen LogP contribution in [0.2, 0.25) is 5.02 Å².